The van der Waals surface area contributed by atoms with Crippen molar-refractivity contribution >= 4 is 46.9 Å². The first-order valence-electron chi connectivity index (χ1n) is 12.9. The summed E-state index contributed by atoms with van der Waals surface area (Å²) in [5, 5.41) is 14.5. The standard InChI is InChI=1S/C32H25ClN6O3/c1-21-11-13-22(14-12-21)29-23(20-39(38-29)26-7-3-2-4-8-26)19-34-37-32(42)31(41)36-28-10-6-5-9-27(28)30(40)35-25-17-15-24(33)16-18-25/h2-20H,1H3,(H,35,40)(H,36,41)(H,37,42). The second-order valence-corrected chi connectivity index (χ2v) is 9.68. The summed E-state index contributed by atoms with van der Waals surface area (Å²) < 4.78 is 1.72. The molecule has 0 aliphatic rings. The van der Waals surface area contributed by atoms with E-state index < -0.39 is 17.7 Å². The van der Waals surface area contributed by atoms with E-state index in [0.29, 0.717) is 22.0 Å². The molecule has 5 rings (SSSR count). The molecule has 3 N–H and O–H groups in total. The highest BCUT2D eigenvalue weighted by Crippen LogP contribution is 2.23. The number of hydrogen-bond donors (Lipinski definition) is 3. The number of nitrogens with one attached hydrogen (secondary N) is 3. The normalized spacial score (nSPS) is 10.8. The molecule has 1 aromatic heterocycles. The van der Waals surface area contributed by atoms with Crippen LogP contribution in [0.4, 0.5) is 11.4 Å². The van der Waals surface area contributed by atoms with E-state index >= 15 is 0 Å². The Bertz CT molecular complexity index is 1760. The van der Waals surface area contributed by atoms with Crippen LogP contribution < -0.4 is 16.1 Å². The Hall–Kier alpha value is -5.54. The summed E-state index contributed by atoms with van der Waals surface area (Å²) in [5.74, 6) is -2.46. The minimum absolute atomic E-state index is 0.166. The summed E-state index contributed by atoms with van der Waals surface area (Å²) in [6, 6.07) is 30.4. The zero-order valence-electron chi connectivity index (χ0n) is 22.4. The van der Waals surface area contributed by atoms with Crippen LogP contribution in [0.5, 0.6) is 0 Å². The molecule has 0 spiro atoms. The quantitative estimate of drug-likeness (QED) is 0.128. The molecule has 0 aliphatic carbocycles. The highest BCUT2D eigenvalue weighted by atomic mass is 35.5. The largest absolute Gasteiger partial charge is 0.329 e. The highest BCUT2D eigenvalue weighted by molar-refractivity contribution is 6.40. The number of hydrogen-bond acceptors (Lipinski definition) is 5. The Morgan fingerprint density at radius 1 is 0.810 bits per heavy atom. The molecule has 0 radical (unpaired) electrons. The second-order valence-electron chi connectivity index (χ2n) is 9.24. The molecular formula is C32H25ClN6O3. The predicted octanol–water partition coefficient (Wildman–Crippen LogP) is 5.84. The van der Waals surface area contributed by atoms with Crippen molar-refractivity contribution in [3.05, 3.63) is 131 Å². The van der Waals surface area contributed by atoms with Gasteiger partial charge in [-0.25, -0.2) is 10.1 Å². The molecule has 3 amide bonds. The van der Waals surface area contributed by atoms with Crippen molar-refractivity contribution in [1.82, 2.24) is 15.2 Å². The lowest BCUT2D eigenvalue weighted by Gasteiger charge is -2.11. The van der Waals surface area contributed by atoms with Gasteiger partial charge in [0.15, 0.2) is 0 Å². The Morgan fingerprint density at radius 3 is 2.24 bits per heavy atom. The summed E-state index contributed by atoms with van der Waals surface area (Å²) >= 11 is 5.90. The average Bonchev–Trinajstić information content (AvgIpc) is 3.43. The fourth-order valence-electron chi connectivity index (χ4n) is 4.04. The molecule has 9 nitrogen and oxygen atoms in total. The van der Waals surface area contributed by atoms with Crippen LogP contribution in [0.1, 0.15) is 21.5 Å². The van der Waals surface area contributed by atoms with Crippen LogP contribution in [-0.2, 0) is 9.59 Å². The fraction of sp³-hybridized carbons (Fsp3) is 0.0312. The van der Waals surface area contributed by atoms with Crippen LogP contribution in [0.15, 0.2) is 114 Å². The van der Waals surface area contributed by atoms with Gasteiger partial charge in [0.1, 0.15) is 5.69 Å². The van der Waals surface area contributed by atoms with Crippen LogP contribution in [0.25, 0.3) is 16.9 Å². The third-order valence-electron chi connectivity index (χ3n) is 6.19. The van der Waals surface area contributed by atoms with Crippen molar-refractivity contribution in [1.29, 1.82) is 0 Å². The number of amides is 3. The summed E-state index contributed by atoms with van der Waals surface area (Å²) in [4.78, 5) is 38.1. The van der Waals surface area contributed by atoms with Crippen LogP contribution in [0, 0.1) is 6.92 Å². The minimum Gasteiger partial charge on any atom is -0.322 e. The molecule has 0 saturated heterocycles. The Kier molecular flexibility index (Phi) is 8.50. The lowest BCUT2D eigenvalue weighted by Crippen LogP contribution is -2.33. The number of halogens is 1. The zero-order valence-corrected chi connectivity index (χ0v) is 23.2. The maximum atomic E-state index is 12.8. The lowest BCUT2D eigenvalue weighted by atomic mass is 10.1. The minimum atomic E-state index is -1.01. The summed E-state index contributed by atoms with van der Waals surface area (Å²) in [6.07, 6.45) is 3.22. The van der Waals surface area contributed by atoms with E-state index in [1.165, 1.54) is 18.3 Å². The van der Waals surface area contributed by atoms with E-state index in [0.717, 1.165) is 16.8 Å². The zero-order chi connectivity index (χ0) is 29.5. The molecule has 0 bridgehead atoms. The highest BCUT2D eigenvalue weighted by Gasteiger charge is 2.18. The summed E-state index contributed by atoms with van der Waals surface area (Å²) in [7, 11) is 0. The number of rotatable bonds is 7. The summed E-state index contributed by atoms with van der Waals surface area (Å²) in [6.45, 7) is 2.00. The Balaban J connectivity index is 1.29. The average molecular weight is 577 g/mol. The van der Waals surface area contributed by atoms with Gasteiger partial charge in [-0.3, -0.25) is 14.4 Å². The van der Waals surface area contributed by atoms with Crippen LogP contribution in [0.2, 0.25) is 5.02 Å². The van der Waals surface area contributed by atoms with Crippen LogP contribution >= 0.6 is 11.6 Å². The van der Waals surface area contributed by atoms with Crippen molar-refractivity contribution in [3.8, 4) is 16.9 Å². The molecule has 0 aliphatic heterocycles. The molecule has 42 heavy (non-hydrogen) atoms. The fourth-order valence-corrected chi connectivity index (χ4v) is 4.17. The van der Waals surface area contributed by atoms with E-state index in [1.54, 1.807) is 47.3 Å². The maximum Gasteiger partial charge on any atom is 0.329 e. The molecule has 0 saturated carbocycles. The van der Waals surface area contributed by atoms with E-state index in [2.05, 4.69) is 21.2 Å². The number of hydrazone groups is 1. The number of carbonyl (C=O) groups excluding carboxylic acids is 3. The molecule has 0 fully saturated rings. The van der Waals surface area contributed by atoms with Gasteiger partial charge in [-0.15, -0.1) is 0 Å². The second kappa shape index (κ2) is 12.8. The SMILES string of the molecule is Cc1ccc(-c2nn(-c3ccccc3)cc2C=NNC(=O)C(=O)Nc2ccccc2C(=O)Nc2ccc(Cl)cc2)cc1. The van der Waals surface area contributed by atoms with Crippen molar-refractivity contribution in [2.24, 2.45) is 5.10 Å². The van der Waals surface area contributed by atoms with Gasteiger partial charge >= 0.3 is 11.8 Å². The number of aryl methyl sites for hydroxylation is 1. The third kappa shape index (κ3) is 6.78. The number of benzene rings is 4. The van der Waals surface area contributed by atoms with E-state index in [4.69, 9.17) is 16.7 Å². The number of carbonyl (C=O) groups is 3. The van der Waals surface area contributed by atoms with Gasteiger partial charge in [0.25, 0.3) is 5.91 Å². The van der Waals surface area contributed by atoms with Crippen molar-refractivity contribution in [2.45, 2.75) is 6.92 Å². The van der Waals surface area contributed by atoms with Gasteiger partial charge in [-0.05, 0) is 55.5 Å². The molecule has 10 heteroatoms. The Morgan fingerprint density at radius 2 is 1.50 bits per heavy atom. The monoisotopic (exact) mass is 576 g/mol. The molecule has 4 aromatic carbocycles. The number of nitrogens with zero attached hydrogens (tertiary/aromatic N) is 3. The van der Waals surface area contributed by atoms with Crippen LogP contribution in [0.3, 0.4) is 0 Å². The number of anilines is 2. The lowest BCUT2D eigenvalue weighted by molar-refractivity contribution is -0.136. The van der Waals surface area contributed by atoms with E-state index in [1.807, 2.05) is 61.5 Å². The van der Waals surface area contributed by atoms with Gasteiger partial charge in [0, 0.05) is 28.0 Å². The summed E-state index contributed by atoms with van der Waals surface area (Å²) in [5.41, 5.74) is 7.24. The van der Waals surface area contributed by atoms with Gasteiger partial charge in [0.05, 0.1) is 23.2 Å². The molecule has 1 heterocycles. The van der Waals surface area contributed by atoms with Crippen LogP contribution in [-0.4, -0.2) is 33.7 Å². The third-order valence-corrected chi connectivity index (χ3v) is 6.44. The van der Waals surface area contributed by atoms with E-state index in [-0.39, 0.29) is 11.3 Å². The van der Waals surface area contributed by atoms with Crippen molar-refractivity contribution in [3.63, 3.8) is 0 Å². The topological polar surface area (TPSA) is 117 Å². The molecule has 5 aromatic rings. The smallest absolute Gasteiger partial charge is 0.322 e. The predicted molar refractivity (Wildman–Crippen MR) is 164 cm³/mol. The van der Waals surface area contributed by atoms with E-state index in [9.17, 15) is 14.4 Å². The molecule has 0 unspecified atom stereocenters. The first-order chi connectivity index (χ1) is 20.4. The molecular weight excluding hydrogens is 552 g/mol. The Labute approximate surface area is 246 Å². The van der Waals surface area contributed by atoms with Crippen molar-refractivity contribution < 1.29 is 14.4 Å². The molecule has 0 atom stereocenters. The molecule has 208 valence electrons. The maximum absolute atomic E-state index is 12.8. The number of para-hydroxylation sites is 2. The van der Waals surface area contributed by atoms with Crippen molar-refractivity contribution in [2.75, 3.05) is 10.6 Å². The van der Waals surface area contributed by atoms with Gasteiger partial charge in [-0.1, -0.05) is 71.8 Å². The number of aromatic nitrogens is 2. The van der Waals surface area contributed by atoms with Gasteiger partial charge in [-0.2, -0.15) is 10.2 Å². The van der Waals surface area contributed by atoms with Gasteiger partial charge in [0.2, 0.25) is 0 Å². The first-order valence-corrected chi connectivity index (χ1v) is 13.3. The first kappa shape index (κ1) is 28.0. The van der Waals surface area contributed by atoms with Gasteiger partial charge < -0.3 is 10.6 Å².